The van der Waals surface area contributed by atoms with E-state index in [1.165, 1.54) is 11.3 Å². The Balaban J connectivity index is 1.32. The molecule has 6 heteroatoms. The first-order chi connectivity index (χ1) is 15.7. The van der Waals surface area contributed by atoms with Crippen LogP contribution in [0.2, 0.25) is 0 Å². The monoisotopic (exact) mass is 444 g/mol. The molecule has 2 N–H and O–H groups in total. The molecule has 3 aromatic carbocycles. The molecule has 0 saturated carbocycles. The van der Waals surface area contributed by atoms with E-state index >= 15 is 0 Å². The number of para-hydroxylation sites is 1. The lowest BCUT2D eigenvalue weighted by Crippen LogP contribution is -2.32. The van der Waals surface area contributed by atoms with E-state index in [1.54, 1.807) is 0 Å². The Morgan fingerprint density at radius 1 is 0.938 bits per heavy atom. The van der Waals surface area contributed by atoms with Gasteiger partial charge in [-0.15, -0.1) is 11.3 Å². The number of rotatable bonds is 9. The Hall–Kier alpha value is -3.48. The van der Waals surface area contributed by atoms with Crippen LogP contribution in [-0.4, -0.2) is 22.6 Å². The summed E-state index contributed by atoms with van der Waals surface area (Å²) in [5, 5.41) is 15.4. The van der Waals surface area contributed by atoms with Crippen LogP contribution in [0, 0.1) is 0 Å². The fraction of sp³-hybridized carbons (Fsp3) is 0.154. The van der Waals surface area contributed by atoms with Crippen molar-refractivity contribution in [3.63, 3.8) is 0 Å². The van der Waals surface area contributed by atoms with Crippen LogP contribution in [0.15, 0.2) is 90.3 Å². The molecule has 5 nitrogen and oxygen atoms in total. The van der Waals surface area contributed by atoms with E-state index in [0.29, 0.717) is 12.3 Å². The quantitative estimate of drug-likeness (QED) is 0.390. The first-order valence-corrected chi connectivity index (χ1v) is 11.3. The van der Waals surface area contributed by atoms with E-state index in [1.807, 2.05) is 90.3 Å². The first kappa shape index (κ1) is 21.7. The minimum Gasteiger partial charge on any atom is -0.486 e. The number of aliphatic hydroxyl groups is 1. The molecule has 1 atom stereocenters. The molecule has 0 aliphatic carbocycles. The van der Waals surface area contributed by atoms with Crippen LogP contribution in [0.3, 0.4) is 0 Å². The fourth-order valence-electron chi connectivity index (χ4n) is 3.34. The van der Waals surface area contributed by atoms with Gasteiger partial charge in [-0.25, -0.2) is 4.98 Å². The van der Waals surface area contributed by atoms with Gasteiger partial charge in [0, 0.05) is 5.38 Å². The summed E-state index contributed by atoms with van der Waals surface area (Å²) in [4.78, 5) is 17.0. The Bertz CT molecular complexity index is 1130. The third kappa shape index (κ3) is 5.81. The zero-order chi connectivity index (χ0) is 22.2. The number of thiazole rings is 1. The number of carbonyl (C=O) groups excluding carboxylic acids is 1. The second-order valence-corrected chi connectivity index (χ2v) is 8.24. The molecule has 162 valence electrons. The molecular formula is C26H24N2O3S. The highest BCUT2D eigenvalue weighted by atomic mass is 32.1. The summed E-state index contributed by atoms with van der Waals surface area (Å²) in [6, 6.07) is 27.0. The number of nitrogens with one attached hydrogen (secondary N) is 1. The van der Waals surface area contributed by atoms with E-state index in [4.69, 9.17) is 4.74 Å². The van der Waals surface area contributed by atoms with Crippen molar-refractivity contribution in [2.75, 3.05) is 6.61 Å². The lowest BCUT2D eigenvalue weighted by atomic mass is 10.0. The van der Waals surface area contributed by atoms with Gasteiger partial charge >= 0.3 is 0 Å². The normalized spacial score (nSPS) is 11.7. The van der Waals surface area contributed by atoms with Gasteiger partial charge in [-0.05, 0) is 28.8 Å². The Morgan fingerprint density at radius 2 is 1.59 bits per heavy atom. The lowest BCUT2D eigenvalue weighted by molar-refractivity contribution is -0.121. The maximum absolute atomic E-state index is 12.5. The van der Waals surface area contributed by atoms with E-state index in [-0.39, 0.29) is 18.9 Å². The van der Waals surface area contributed by atoms with Gasteiger partial charge in [-0.2, -0.15) is 0 Å². The van der Waals surface area contributed by atoms with Crippen LogP contribution in [-0.2, 0) is 17.8 Å². The topological polar surface area (TPSA) is 71.5 Å². The Morgan fingerprint density at radius 3 is 2.28 bits per heavy atom. The predicted molar refractivity (Wildman–Crippen MR) is 126 cm³/mol. The zero-order valence-corrected chi connectivity index (χ0v) is 18.3. The van der Waals surface area contributed by atoms with Gasteiger partial charge in [0.15, 0.2) is 0 Å². The van der Waals surface area contributed by atoms with Crippen molar-refractivity contribution in [3.8, 4) is 16.9 Å². The number of hydrogen-bond donors (Lipinski definition) is 2. The smallest absolute Gasteiger partial charge is 0.226 e. The molecule has 1 aromatic heterocycles. The van der Waals surface area contributed by atoms with E-state index in [9.17, 15) is 9.90 Å². The highest BCUT2D eigenvalue weighted by molar-refractivity contribution is 7.09. The van der Waals surface area contributed by atoms with Crippen molar-refractivity contribution in [1.29, 1.82) is 0 Å². The van der Waals surface area contributed by atoms with Crippen LogP contribution in [0.25, 0.3) is 11.1 Å². The van der Waals surface area contributed by atoms with Crippen molar-refractivity contribution >= 4 is 17.2 Å². The van der Waals surface area contributed by atoms with Crippen LogP contribution in [0.4, 0.5) is 0 Å². The summed E-state index contributed by atoms with van der Waals surface area (Å²) in [5.41, 5.74) is 3.76. The largest absolute Gasteiger partial charge is 0.486 e. The molecule has 0 aliphatic rings. The van der Waals surface area contributed by atoms with Gasteiger partial charge < -0.3 is 15.2 Å². The van der Waals surface area contributed by atoms with Crippen LogP contribution in [0.1, 0.15) is 22.3 Å². The van der Waals surface area contributed by atoms with E-state index in [0.717, 1.165) is 27.4 Å². The number of ether oxygens (including phenoxy) is 1. The van der Waals surface area contributed by atoms with E-state index < -0.39 is 6.04 Å². The third-order valence-corrected chi connectivity index (χ3v) is 5.86. The molecule has 0 aliphatic heterocycles. The molecule has 32 heavy (non-hydrogen) atoms. The molecular weight excluding hydrogens is 420 g/mol. The van der Waals surface area contributed by atoms with Crippen LogP contribution >= 0.6 is 11.3 Å². The van der Waals surface area contributed by atoms with Gasteiger partial charge in [0.05, 0.1) is 24.8 Å². The molecule has 1 heterocycles. The van der Waals surface area contributed by atoms with Gasteiger partial charge in [-0.1, -0.05) is 72.8 Å². The highest BCUT2D eigenvalue weighted by Crippen LogP contribution is 2.22. The number of aromatic nitrogens is 1. The summed E-state index contributed by atoms with van der Waals surface area (Å²) in [6.45, 7) is 0.187. The number of carbonyl (C=O) groups is 1. The van der Waals surface area contributed by atoms with E-state index in [2.05, 4.69) is 10.3 Å². The van der Waals surface area contributed by atoms with Crippen molar-refractivity contribution in [1.82, 2.24) is 10.3 Å². The van der Waals surface area contributed by atoms with Gasteiger partial charge in [0.1, 0.15) is 17.4 Å². The SMILES string of the molecule is O=C(Cc1csc(COc2ccccc2)n1)NC(CO)c1ccc(-c2ccccc2)cc1. The molecule has 4 aromatic rings. The van der Waals surface area contributed by atoms with Crippen molar-refractivity contribution in [3.05, 3.63) is 107 Å². The molecule has 0 bridgehead atoms. The minimum absolute atomic E-state index is 0.153. The maximum Gasteiger partial charge on any atom is 0.226 e. The molecule has 1 unspecified atom stereocenters. The summed E-state index contributed by atoms with van der Waals surface area (Å²) in [6.07, 6.45) is 0.153. The molecule has 4 rings (SSSR count). The molecule has 0 saturated heterocycles. The number of hydrogen-bond acceptors (Lipinski definition) is 5. The average Bonchev–Trinajstić information content (AvgIpc) is 3.29. The summed E-state index contributed by atoms with van der Waals surface area (Å²) in [7, 11) is 0. The number of nitrogens with zero attached hydrogens (tertiary/aromatic N) is 1. The first-order valence-electron chi connectivity index (χ1n) is 10.4. The fourth-order valence-corrected chi connectivity index (χ4v) is 4.05. The summed E-state index contributed by atoms with van der Waals surface area (Å²) < 4.78 is 5.71. The standard InChI is InChI=1S/C26H24N2O3S/c29-16-24(21-13-11-20(12-14-21)19-7-3-1-4-8-19)28-25(30)15-22-18-32-26(27-22)17-31-23-9-5-2-6-10-23/h1-14,18,24,29H,15-17H2,(H,28,30). The second kappa shape index (κ2) is 10.7. The maximum atomic E-state index is 12.5. The predicted octanol–water partition coefficient (Wildman–Crippen LogP) is 4.78. The van der Waals surface area contributed by atoms with Gasteiger partial charge in [0.2, 0.25) is 5.91 Å². The number of benzene rings is 3. The van der Waals surface area contributed by atoms with Crippen molar-refractivity contribution in [2.45, 2.75) is 19.1 Å². The van der Waals surface area contributed by atoms with Crippen molar-refractivity contribution < 1.29 is 14.6 Å². The Kier molecular flexibility index (Phi) is 7.27. The van der Waals surface area contributed by atoms with Gasteiger partial charge in [-0.3, -0.25) is 4.79 Å². The third-order valence-electron chi connectivity index (χ3n) is 4.98. The summed E-state index contributed by atoms with van der Waals surface area (Å²) >= 11 is 1.47. The lowest BCUT2D eigenvalue weighted by Gasteiger charge is -2.17. The molecule has 0 fully saturated rings. The number of amides is 1. The second-order valence-electron chi connectivity index (χ2n) is 7.30. The molecule has 1 amide bonds. The molecule has 0 spiro atoms. The average molecular weight is 445 g/mol. The van der Waals surface area contributed by atoms with Crippen LogP contribution < -0.4 is 10.1 Å². The molecule has 0 radical (unpaired) electrons. The number of aliphatic hydroxyl groups excluding tert-OH is 1. The minimum atomic E-state index is -0.466. The van der Waals surface area contributed by atoms with Gasteiger partial charge in [0.25, 0.3) is 0 Å². The Labute approximate surface area is 191 Å². The summed E-state index contributed by atoms with van der Waals surface area (Å²) in [5.74, 6) is 0.600. The van der Waals surface area contributed by atoms with Crippen LogP contribution in [0.5, 0.6) is 5.75 Å². The zero-order valence-electron chi connectivity index (χ0n) is 17.5. The highest BCUT2D eigenvalue weighted by Gasteiger charge is 2.15. The van der Waals surface area contributed by atoms with Crippen molar-refractivity contribution in [2.24, 2.45) is 0 Å².